The molecule has 1 aromatic carbocycles. The summed E-state index contributed by atoms with van der Waals surface area (Å²) in [5, 5.41) is 8.91. The van der Waals surface area contributed by atoms with E-state index in [4.69, 9.17) is 5.11 Å². The van der Waals surface area contributed by atoms with Crippen molar-refractivity contribution in [3.05, 3.63) is 40.5 Å². The van der Waals surface area contributed by atoms with Crippen LogP contribution in [0.25, 0.3) is 0 Å². The molecule has 0 amide bonds. The Labute approximate surface area is 109 Å². The normalized spacial score (nSPS) is 11.2. The summed E-state index contributed by atoms with van der Waals surface area (Å²) >= 11 is 3.36. The van der Waals surface area contributed by atoms with Gasteiger partial charge in [0.05, 0.1) is 13.7 Å². The number of hydrogen-bond acceptors (Lipinski definition) is 4. The SMILES string of the molecule is COC(=O)/C(=C/CO)N(C)c1cccc(Br)c1. The maximum Gasteiger partial charge on any atom is 0.354 e. The lowest BCUT2D eigenvalue weighted by molar-refractivity contribution is -0.136. The van der Waals surface area contributed by atoms with Gasteiger partial charge in [-0.3, -0.25) is 0 Å². The Balaban J connectivity index is 3.04. The zero-order valence-corrected chi connectivity index (χ0v) is 11.3. The number of carbonyl (C=O) groups is 1. The molecule has 0 aliphatic rings. The van der Waals surface area contributed by atoms with Crippen LogP contribution in [-0.2, 0) is 9.53 Å². The van der Waals surface area contributed by atoms with Gasteiger partial charge in [-0.15, -0.1) is 0 Å². The molecule has 0 heterocycles. The first kappa shape index (κ1) is 13.7. The molecule has 5 heteroatoms. The van der Waals surface area contributed by atoms with Crippen LogP contribution in [-0.4, -0.2) is 31.8 Å². The number of aliphatic hydroxyl groups excluding tert-OH is 1. The molecule has 0 aliphatic carbocycles. The number of rotatable bonds is 4. The van der Waals surface area contributed by atoms with Gasteiger partial charge in [0, 0.05) is 17.2 Å². The van der Waals surface area contributed by atoms with Crippen molar-refractivity contribution >= 4 is 27.6 Å². The highest BCUT2D eigenvalue weighted by molar-refractivity contribution is 9.10. The van der Waals surface area contributed by atoms with E-state index < -0.39 is 5.97 Å². The second-order valence-corrected chi connectivity index (χ2v) is 4.22. The molecule has 0 atom stereocenters. The summed E-state index contributed by atoms with van der Waals surface area (Å²) in [5.41, 5.74) is 1.12. The maximum atomic E-state index is 11.5. The van der Waals surface area contributed by atoms with Gasteiger partial charge in [0.25, 0.3) is 0 Å². The van der Waals surface area contributed by atoms with E-state index in [1.807, 2.05) is 24.3 Å². The van der Waals surface area contributed by atoms with Gasteiger partial charge in [-0.25, -0.2) is 4.79 Å². The monoisotopic (exact) mass is 299 g/mol. The first-order valence-corrected chi connectivity index (χ1v) is 5.78. The smallest absolute Gasteiger partial charge is 0.354 e. The Bertz CT molecular complexity index is 432. The molecule has 1 aromatic rings. The number of aliphatic hydroxyl groups is 1. The van der Waals surface area contributed by atoms with Crippen molar-refractivity contribution < 1.29 is 14.6 Å². The van der Waals surface area contributed by atoms with Crippen LogP contribution in [0.4, 0.5) is 5.69 Å². The number of hydrogen-bond donors (Lipinski definition) is 1. The summed E-state index contributed by atoms with van der Waals surface area (Å²) in [6.07, 6.45) is 1.41. The van der Waals surface area contributed by atoms with Crippen molar-refractivity contribution in [3.8, 4) is 0 Å². The minimum atomic E-state index is -0.485. The highest BCUT2D eigenvalue weighted by Crippen LogP contribution is 2.22. The fourth-order valence-corrected chi connectivity index (χ4v) is 1.76. The fraction of sp³-hybridized carbons (Fsp3) is 0.250. The summed E-state index contributed by atoms with van der Waals surface area (Å²) < 4.78 is 5.58. The first-order valence-electron chi connectivity index (χ1n) is 4.98. The summed E-state index contributed by atoms with van der Waals surface area (Å²) in [6, 6.07) is 7.49. The van der Waals surface area contributed by atoms with E-state index in [-0.39, 0.29) is 6.61 Å². The van der Waals surface area contributed by atoms with Crippen molar-refractivity contribution in [2.45, 2.75) is 0 Å². The summed E-state index contributed by atoms with van der Waals surface area (Å²) in [7, 11) is 3.04. The Morgan fingerprint density at radius 1 is 1.59 bits per heavy atom. The second kappa shape index (κ2) is 6.42. The van der Waals surface area contributed by atoms with E-state index in [1.165, 1.54) is 13.2 Å². The second-order valence-electron chi connectivity index (χ2n) is 3.30. The lowest BCUT2D eigenvalue weighted by atomic mass is 10.2. The molecule has 4 nitrogen and oxygen atoms in total. The predicted octanol–water partition coefficient (Wildman–Crippen LogP) is 1.93. The van der Waals surface area contributed by atoms with E-state index in [2.05, 4.69) is 20.7 Å². The summed E-state index contributed by atoms with van der Waals surface area (Å²) in [6.45, 7) is -0.219. The molecule has 0 spiro atoms. The predicted molar refractivity (Wildman–Crippen MR) is 69.7 cm³/mol. The molecule has 1 N–H and O–H groups in total. The molecule has 17 heavy (non-hydrogen) atoms. The van der Waals surface area contributed by atoms with Gasteiger partial charge in [-0.2, -0.15) is 0 Å². The number of ether oxygens (including phenoxy) is 1. The molecule has 0 saturated carbocycles. The van der Waals surface area contributed by atoms with Crippen LogP contribution < -0.4 is 4.90 Å². The molecule has 0 saturated heterocycles. The zero-order chi connectivity index (χ0) is 12.8. The summed E-state index contributed by atoms with van der Waals surface area (Å²) in [5.74, 6) is -0.485. The highest BCUT2D eigenvalue weighted by Gasteiger charge is 2.15. The molecule has 1 rings (SSSR count). The largest absolute Gasteiger partial charge is 0.464 e. The minimum Gasteiger partial charge on any atom is -0.464 e. The average Bonchev–Trinajstić information content (AvgIpc) is 2.34. The van der Waals surface area contributed by atoms with Crippen LogP contribution in [0.5, 0.6) is 0 Å². The summed E-state index contributed by atoms with van der Waals surface area (Å²) in [4.78, 5) is 13.2. The van der Waals surface area contributed by atoms with E-state index in [0.717, 1.165) is 10.2 Å². The fourth-order valence-electron chi connectivity index (χ4n) is 1.37. The van der Waals surface area contributed by atoms with Gasteiger partial charge in [0.2, 0.25) is 0 Å². The van der Waals surface area contributed by atoms with Gasteiger partial charge in [0.1, 0.15) is 5.70 Å². The van der Waals surface area contributed by atoms with Crippen molar-refractivity contribution in [1.82, 2.24) is 0 Å². The molecule has 0 unspecified atom stereocenters. The van der Waals surface area contributed by atoms with Gasteiger partial charge >= 0.3 is 5.97 Å². The standard InChI is InChI=1S/C12H14BrNO3/c1-14(10-5-3-4-9(13)8-10)11(6-7-15)12(16)17-2/h3-6,8,15H,7H2,1-2H3/b11-6-. The highest BCUT2D eigenvalue weighted by atomic mass is 79.9. The van der Waals surface area contributed by atoms with Crippen LogP contribution >= 0.6 is 15.9 Å². The van der Waals surface area contributed by atoms with Crippen LogP contribution in [0.2, 0.25) is 0 Å². The molecule has 92 valence electrons. The Hall–Kier alpha value is -1.33. The number of halogens is 1. The van der Waals surface area contributed by atoms with Crippen molar-refractivity contribution in [1.29, 1.82) is 0 Å². The van der Waals surface area contributed by atoms with Crippen molar-refractivity contribution in [2.24, 2.45) is 0 Å². The van der Waals surface area contributed by atoms with Crippen LogP contribution in [0.3, 0.4) is 0 Å². The van der Waals surface area contributed by atoms with Crippen molar-refractivity contribution in [3.63, 3.8) is 0 Å². The third-order valence-electron chi connectivity index (χ3n) is 2.24. The van der Waals surface area contributed by atoms with Crippen LogP contribution in [0.1, 0.15) is 0 Å². The Morgan fingerprint density at radius 2 is 2.29 bits per heavy atom. The van der Waals surface area contributed by atoms with E-state index in [1.54, 1.807) is 11.9 Å². The van der Waals surface area contributed by atoms with Gasteiger partial charge < -0.3 is 14.7 Å². The first-order chi connectivity index (χ1) is 8.10. The third-order valence-corrected chi connectivity index (χ3v) is 2.73. The number of methoxy groups -OCH3 is 1. The van der Waals surface area contributed by atoms with Crippen LogP contribution in [0, 0.1) is 0 Å². The Morgan fingerprint density at radius 3 is 2.82 bits per heavy atom. The third kappa shape index (κ3) is 3.57. The molecular formula is C12H14BrNO3. The number of carbonyl (C=O) groups excluding carboxylic acids is 1. The average molecular weight is 300 g/mol. The zero-order valence-electron chi connectivity index (χ0n) is 9.68. The van der Waals surface area contributed by atoms with Gasteiger partial charge in [0.15, 0.2) is 0 Å². The lowest BCUT2D eigenvalue weighted by Crippen LogP contribution is -2.24. The molecular weight excluding hydrogens is 286 g/mol. The number of benzene rings is 1. The Kier molecular flexibility index (Phi) is 5.18. The molecule has 0 bridgehead atoms. The molecule has 0 radical (unpaired) electrons. The number of anilines is 1. The van der Waals surface area contributed by atoms with Crippen molar-refractivity contribution in [2.75, 3.05) is 25.7 Å². The van der Waals surface area contributed by atoms with Crippen LogP contribution in [0.15, 0.2) is 40.5 Å². The van der Waals surface area contributed by atoms with E-state index in [0.29, 0.717) is 5.70 Å². The molecule has 0 fully saturated rings. The maximum absolute atomic E-state index is 11.5. The van der Waals surface area contributed by atoms with E-state index in [9.17, 15) is 4.79 Å². The number of nitrogens with zero attached hydrogens (tertiary/aromatic N) is 1. The molecule has 0 aromatic heterocycles. The van der Waals surface area contributed by atoms with Gasteiger partial charge in [-0.1, -0.05) is 22.0 Å². The molecule has 0 aliphatic heterocycles. The minimum absolute atomic E-state index is 0.219. The number of likely N-dealkylation sites (N-methyl/N-ethyl adjacent to an activating group) is 1. The van der Waals surface area contributed by atoms with Gasteiger partial charge in [-0.05, 0) is 24.3 Å². The van der Waals surface area contributed by atoms with E-state index >= 15 is 0 Å². The lowest BCUT2D eigenvalue weighted by Gasteiger charge is -2.21. The topological polar surface area (TPSA) is 49.8 Å². The quantitative estimate of drug-likeness (QED) is 0.682. The number of esters is 1.